The maximum absolute atomic E-state index is 15.1. The second-order valence-corrected chi connectivity index (χ2v) is 12.8. The van der Waals surface area contributed by atoms with Crippen LogP contribution in [-0.4, -0.2) is 70.9 Å². The molecule has 12 nitrogen and oxygen atoms in total. The fourth-order valence-electron chi connectivity index (χ4n) is 5.99. The molecule has 3 N–H and O–H groups in total. The molecule has 0 radical (unpaired) electrons. The number of benzene rings is 3. The van der Waals surface area contributed by atoms with E-state index in [1.807, 2.05) is 42.7 Å². The average molecular weight is 701 g/mol. The quantitative estimate of drug-likeness (QED) is 0.264. The zero-order valence-corrected chi connectivity index (χ0v) is 29.5. The summed E-state index contributed by atoms with van der Waals surface area (Å²) in [6.45, 7) is 6.85. The number of carbonyl (C=O) groups is 4. The van der Waals surface area contributed by atoms with Gasteiger partial charge in [-0.1, -0.05) is 39.0 Å². The Kier molecular flexibility index (Phi) is 12.2. The first kappa shape index (κ1) is 36.8. The van der Waals surface area contributed by atoms with E-state index in [0.29, 0.717) is 43.7 Å². The Balaban J connectivity index is 1.37. The van der Waals surface area contributed by atoms with Crippen LogP contribution in [0.15, 0.2) is 60.7 Å². The maximum atomic E-state index is 15.1. The molecular formula is C38H45FN6O6. The molecule has 1 atom stereocenters. The van der Waals surface area contributed by atoms with Crippen molar-refractivity contribution < 1.29 is 33.0 Å². The Morgan fingerprint density at radius 2 is 1.80 bits per heavy atom. The molecule has 270 valence electrons. The molecule has 0 saturated carbocycles. The Bertz CT molecular complexity index is 1890. The normalized spacial score (nSPS) is 16.7. The number of hydrogen-bond acceptors (Lipinski definition) is 7. The third kappa shape index (κ3) is 9.21. The summed E-state index contributed by atoms with van der Waals surface area (Å²) in [5.41, 5.74) is 2.44. The molecule has 51 heavy (non-hydrogen) atoms. The van der Waals surface area contributed by atoms with Crippen LogP contribution in [0.5, 0.6) is 17.2 Å². The van der Waals surface area contributed by atoms with Crippen molar-refractivity contribution in [2.45, 2.75) is 71.5 Å². The predicted octanol–water partition coefficient (Wildman–Crippen LogP) is 5.05. The van der Waals surface area contributed by atoms with Crippen LogP contribution in [0.25, 0.3) is 11.0 Å². The second kappa shape index (κ2) is 17.0. The van der Waals surface area contributed by atoms with Crippen LogP contribution < -0.4 is 25.4 Å². The Labute approximate surface area is 296 Å². The van der Waals surface area contributed by atoms with Crippen molar-refractivity contribution in [2.24, 2.45) is 0 Å². The third-order valence-electron chi connectivity index (χ3n) is 8.74. The Morgan fingerprint density at radius 1 is 1.02 bits per heavy atom. The summed E-state index contributed by atoms with van der Waals surface area (Å²) >= 11 is 0. The van der Waals surface area contributed by atoms with E-state index in [2.05, 4.69) is 16.0 Å². The summed E-state index contributed by atoms with van der Waals surface area (Å²) in [5.74, 6) is -0.644. The third-order valence-corrected chi connectivity index (χ3v) is 8.74. The zero-order valence-electron chi connectivity index (χ0n) is 29.5. The number of methoxy groups -OCH3 is 1. The van der Waals surface area contributed by atoms with Crippen LogP contribution in [0.1, 0.15) is 74.1 Å². The van der Waals surface area contributed by atoms with Gasteiger partial charge in [0.25, 0.3) is 5.91 Å². The first-order valence-corrected chi connectivity index (χ1v) is 17.3. The second-order valence-electron chi connectivity index (χ2n) is 12.8. The Morgan fingerprint density at radius 3 is 2.55 bits per heavy atom. The van der Waals surface area contributed by atoms with E-state index in [1.54, 1.807) is 30.0 Å². The number of fused-ring (bicyclic) bond motifs is 17. The minimum Gasteiger partial charge on any atom is -0.493 e. The molecule has 0 fully saturated rings. The van der Waals surface area contributed by atoms with Gasteiger partial charge in [0.15, 0.2) is 23.1 Å². The molecule has 0 aliphatic carbocycles. The molecule has 4 amide bonds. The van der Waals surface area contributed by atoms with Crippen molar-refractivity contribution in [3.8, 4) is 17.2 Å². The van der Waals surface area contributed by atoms with E-state index in [9.17, 15) is 19.2 Å². The molecular weight excluding hydrogens is 655 g/mol. The van der Waals surface area contributed by atoms with E-state index in [4.69, 9.17) is 14.5 Å². The largest absolute Gasteiger partial charge is 0.493 e. The topological polar surface area (TPSA) is 144 Å². The van der Waals surface area contributed by atoms with Gasteiger partial charge in [-0.3, -0.25) is 19.2 Å². The minimum absolute atomic E-state index is 0.0309. The van der Waals surface area contributed by atoms with Crippen LogP contribution >= 0.6 is 0 Å². The van der Waals surface area contributed by atoms with E-state index in [0.717, 1.165) is 16.9 Å². The van der Waals surface area contributed by atoms with Crippen LogP contribution in [0.2, 0.25) is 0 Å². The summed E-state index contributed by atoms with van der Waals surface area (Å²) in [6, 6.07) is 15.8. The Hall–Kier alpha value is -5.46. The van der Waals surface area contributed by atoms with E-state index in [-0.39, 0.29) is 66.8 Å². The SMILES string of the molecule is CC[C@@H]1NC(=O)CCCN(C(=O)Cn2c(C(C)C)nc3ccccc32)CCCNC(=O)c2ccc(OC)c(c2)Oc2ccc(cc2F)CNC1=O. The fraction of sp³-hybridized carbons (Fsp3) is 0.395. The number of nitrogens with one attached hydrogen (secondary N) is 3. The first-order valence-electron chi connectivity index (χ1n) is 17.3. The van der Waals surface area contributed by atoms with E-state index >= 15 is 4.39 Å². The summed E-state index contributed by atoms with van der Waals surface area (Å²) in [4.78, 5) is 59.4. The van der Waals surface area contributed by atoms with Gasteiger partial charge in [0.05, 0.1) is 18.1 Å². The number of rotatable bonds is 5. The summed E-state index contributed by atoms with van der Waals surface area (Å²) < 4.78 is 28.3. The summed E-state index contributed by atoms with van der Waals surface area (Å²) in [5, 5.41) is 8.44. The van der Waals surface area contributed by atoms with Crippen LogP contribution in [0.3, 0.4) is 0 Å². The van der Waals surface area contributed by atoms with Crippen molar-refractivity contribution in [3.63, 3.8) is 0 Å². The summed E-state index contributed by atoms with van der Waals surface area (Å²) in [6.07, 6.45) is 1.26. The highest BCUT2D eigenvalue weighted by Gasteiger charge is 2.22. The minimum atomic E-state index is -0.781. The molecule has 0 saturated heterocycles. The zero-order chi connectivity index (χ0) is 36.5. The van der Waals surface area contributed by atoms with Crippen LogP contribution in [0, 0.1) is 5.82 Å². The first-order chi connectivity index (χ1) is 24.6. The average Bonchev–Trinajstić information content (AvgIpc) is 3.49. The number of imidazole rings is 1. The fourth-order valence-corrected chi connectivity index (χ4v) is 5.99. The van der Waals surface area contributed by atoms with Crippen LogP contribution in [0.4, 0.5) is 4.39 Å². The lowest BCUT2D eigenvalue weighted by Crippen LogP contribution is -2.46. The smallest absolute Gasteiger partial charge is 0.251 e. The molecule has 1 aromatic heterocycles. The number of nitrogens with zero attached hydrogens (tertiary/aromatic N) is 3. The highest BCUT2D eigenvalue weighted by Crippen LogP contribution is 2.34. The number of hydrogen-bond donors (Lipinski definition) is 3. The molecule has 6 rings (SSSR count). The standard InChI is InChI=1S/C38H45FN6O6/c1-5-28-38(49)41-22-25-13-15-31(27(39)20-25)51-33-21-26(14-16-32(33)50-4)37(48)40-17-9-19-44(18-8-12-34(46)42-28)35(47)23-45-30-11-7-6-10-29(30)43-36(45)24(2)3/h6-7,10-11,13-16,20-21,24,28H,5,8-9,12,17-19,22-23H2,1-4H3,(H,40,48)(H,41,49)(H,42,46)/t28-/m0/s1. The number of amides is 4. The van der Waals surface area contributed by atoms with Crippen molar-refractivity contribution in [2.75, 3.05) is 26.7 Å². The van der Waals surface area contributed by atoms with E-state index in [1.165, 1.54) is 25.3 Å². The van der Waals surface area contributed by atoms with Gasteiger partial charge in [0.2, 0.25) is 17.7 Å². The molecule has 3 aromatic carbocycles. The van der Waals surface area contributed by atoms with Gasteiger partial charge in [-0.25, -0.2) is 9.37 Å². The van der Waals surface area contributed by atoms with Gasteiger partial charge in [-0.15, -0.1) is 0 Å². The van der Waals surface area contributed by atoms with Gasteiger partial charge in [0, 0.05) is 44.1 Å². The molecule has 0 unspecified atom stereocenters. The molecule has 2 aliphatic heterocycles. The molecule has 4 bridgehead atoms. The lowest BCUT2D eigenvalue weighted by atomic mass is 10.1. The number of carbonyl (C=O) groups excluding carboxylic acids is 4. The number of aromatic nitrogens is 2. The van der Waals surface area contributed by atoms with Crippen molar-refractivity contribution in [1.29, 1.82) is 0 Å². The van der Waals surface area contributed by atoms with E-state index < -0.39 is 17.8 Å². The van der Waals surface area contributed by atoms with Gasteiger partial charge < -0.3 is 34.9 Å². The van der Waals surface area contributed by atoms with Gasteiger partial charge >= 0.3 is 0 Å². The number of halogens is 1. The monoisotopic (exact) mass is 700 g/mol. The predicted molar refractivity (Wildman–Crippen MR) is 190 cm³/mol. The van der Waals surface area contributed by atoms with Crippen molar-refractivity contribution in [3.05, 3.63) is 83.4 Å². The van der Waals surface area contributed by atoms with Crippen LogP contribution in [-0.2, 0) is 27.5 Å². The van der Waals surface area contributed by atoms with Gasteiger partial charge in [-0.2, -0.15) is 0 Å². The number of ether oxygens (including phenoxy) is 2. The summed E-state index contributed by atoms with van der Waals surface area (Å²) in [7, 11) is 1.44. The van der Waals surface area contributed by atoms with Crippen molar-refractivity contribution in [1.82, 2.24) is 30.4 Å². The molecule has 13 heteroatoms. The molecule has 2 aliphatic rings. The molecule has 0 spiro atoms. The van der Waals surface area contributed by atoms with Crippen molar-refractivity contribution >= 4 is 34.7 Å². The highest BCUT2D eigenvalue weighted by molar-refractivity contribution is 5.95. The molecule has 4 aromatic rings. The number of para-hydroxylation sites is 2. The maximum Gasteiger partial charge on any atom is 0.251 e. The highest BCUT2D eigenvalue weighted by atomic mass is 19.1. The lowest BCUT2D eigenvalue weighted by molar-refractivity contribution is -0.132. The lowest BCUT2D eigenvalue weighted by Gasteiger charge is -2.24. The van der Waals surface area contributed by atoms with Gasteiger partial charge in [0.1, 0.15) is 18.4 Å². The van der Waals surface area contributed by atoms with Gasteiger partial charge in [-0.05, 0) is 67.3 Å². The molecule has 3 heterocycles.